The molecule has 252 valence electrons. The topological polar surface area (TPSA) is 95.9 Å². The smallest absolute Gasteiger partial charge is 0.348 e. The molecule has 8 nitrogen and oxygen atoms in total. The quantitative estimate of drug-likeness (QED) is 0.187. The molecule has 0 aliphatic heterocycles. The number of nitrogens with zero attached hydrogens (tertiary/aromatic N) is 4. The molecule has 0 bridgehead atoms. The molecule has 0 spiro atoms. The summed E-state index contributed by atoms with van der Waals surface area (Å²) < 4.78 is 106. The Morgan fingerprint density at radius 2 is 1.66 bits per heavy atom. The monoisotopic (exact) mass is 690 g/mol. The molecule has 2 amide bonds. The number of H-pyrrole nitrogens is 1. The van der Waals surface area contributed by atoms with Crippen molar-refractivity contribution in [1.82, 2.24) is 30.2 Å². The Kier molecular flexibility index (Phi) is 10.6. The summed E-state index contributed by atoms with van der Waals surface area (Å²) in [5.74, 6) is -1.25. The summed E-state index contributed by atoms with van der Waals surface area (Å²) in [7, 11) is 1.65. The summed E-state index contributed by atoms with van der Waals surface area (Å²) in [6.07, 6.45) is -7.02. The fourth-order valence-corrected chi connectivity index (χ4v) is 4.85. The van der Waals surface area contributed by atoms with Crippen LogP contribution in [0.15, 0.2) is 55.0 Å². The summed E-state index contributed by atoms with van der Waals surface area (Å²) in [4.78, 5) is 25.7. The van der Waals surface area contributed by atoms with Crippen molar-refractivity contribution >= 4 is 23.4 Å². The van der Waals surface area contributed by atoms with E-state index >= 15 is 0 Å². The van der Waals surface area contributed by atoms with Gasteiger partial charge in [-0.1, -0.05) is 29.3 Å². The Balaban J connectivity index is 0.000000218. The molecule has 0 radical (unpaired) electrons. The molecule has 2 aromatic heterocycles. The molecule has 17 heteroatoms. The summed E-state index contributed by atoms with van der Waals surface area (Å²) in [5, 5.41) is 11.9. The van der Waals surface area contributed by atoms with Crippen LogP contribution in [-0.4, -0.2) is 42.7 Å². The zero-order valence-corrected chi connectivity index (χ0v) is 25.4. The van der Waals surface area contributed by atoms with Crippen molar-refractivity contribution in [3.8, 4) is 0 Å². The maximum Gasteiger partial charge on any atom is 0.416 e. The van der Waals surface area contributed by atoms with Crippen molar-refractivity contribution in [3.63, 3.8) is 0 Å². The van der Waals surface area contributed by atoms with E-state index in [4.69, 9.17) is 11.6 Å². The van der Waals surface area contributed by atoms with Crippen molar-refractivity contribution in [2.75, 3.05) is 0 Å². The molecule has 0 unspecified atom stereocenters. The molecule has 0 atom stereocenters. The van der Waals surface area contributed by atoms with Gasteiger partial charge < -0.3 is 10.2 Å². The average Bonchev–Trinajstić information content (AvgIpc) is 3.51. The molecule has 1 fully saturated rings. The van der Waals surface area contributed by atoms with Gasteiger partial charge in [-0.3, -0.25) is 19.4 Å². The molecule has 1 saturated carbocycles. The third kappa shape index (κ3) is 9.08. The number of hydrogen-bond donors (Lipinski definition) is 2. The number of aromatic nitrogens is 4. The van der Waals surface area contributed by atoms with E-state index in [0.29, 0.717) is 24.0 Å². The van der Waals surface area contributed by atoms with Crippen LogP contribution in [0.3, 0.4) is 0 Å². The maximum absolute atomic E-state index is 13.2. The second kappa shape index (κ2) is 14.1. The highest BCUT2D eigenvalue weighted by Crippen LogP contribution is 2.37. The second-order valence-corrected chi connectivity index (χ2v) is 11.1. The lowest BCUT2D eigenvalue weighted by atomic mass is 10.0. The number of halogens is 9. The fraction of sp³-hybridized carbons (Fsp3) is 0.333. The van der Waals surface area contributed by atoms with Gasteiger partial charge in [-0.05, 0) is 55.2 Å². The Bertz CT molecular complexity index is 1730. The molecule has 2 aromatic carbocycles. The Morgan fingerprint density at radius 3 is 2.23 bits per heavy atom. The zero-order valence-electron chi connectivity index (χ0n) is 24.7. The lowest BCUT2D eigenvalue weighted by Crippen LogP contribution is -2.33. The number of rotatable bonds is 8. The van der Waals surface area contributed by atoms with Gasteiger partial charge in [0.15, 0.2) is 0 Å². The van der Waals surface area contributed by atoms with Crippen molar-refractivity contribution in [2.24, 2.45) is 7.05 Å². The van der Waals surface area contributed by atoms with E-state index in [2.05, 4.69) is 20.6 Å². The van der Waals surface area contributed by atoms with E-state index in [1.165, 1.54) is 29.2 Å². The van der Waals surface area contributed by atoms with Gasteiger partial charge in [-0.15, -0.1) is 0 Å². The maximum atomic E-state index is 13.2. The number of carbonyl (C=O) groups is 2. The molecule has 0 saturated heterocycles. The molecular formula is C30H27ClF8N6O2. The normalized spacial score (nSPS) is 13.3. The summed E-state index contributed by atoms with van der Waals surface area (Å²) >= 11 is 5.81. The highest BCUT2D eigenvalue weighted by atomic mass is 35.5. The van der Waals surface area contributed by atoms with Crippen molar-refractivity contribution in [1.29, 1.82) is 0 Å². The van der Waals surface area contributed by atoms with Crippen LogP contribution in [0, 0.1) is 6.92 Å². The Hall–Kier alpha value is -4.47. The van der Waals surface area contributed by atoms with Crippen LogP contribution in [0.4, 0.5) is 35.1 Å². The predicted molar refractivity (Wildman–Crippen MR) is 153 cm³/mol. The molecule has 2 N–H and O–H groups in total. The van der Waals surface area contributed by atoms with Gasteiger partial charge in [0.1, 0.15) is 5.69 Å². The highest BCUT2D eigenvalue weighted by molar-refractivity contribution is 6.30. The first-order chi connectivity index (χ1) is 22.0. The third-order valence-corrected chi connectivity index (χ3v) is 7.29. The van der Waals surface area contributed by atoms with E-state index < -0.39 is 47.4 Å². The third-order valence-electron chi connectivity index (χ3n) is 7.05. The van der Waals surface area contributed by atoms with Crippen LogP contribution in [0.25, 0.3) is 0 Å². The van der Waals surface area contributed by atoms with Gasteiger partial charge >= 0.3 is 12.4 Å². The number of aromatic amines is 1. The first kappa shape index (κ1) is 35.4. The van der Waals surface area contributed by atoms with E-state index in [0.717, 1.165) is 35.4 Å². The van der Waals surface area contributed by atoms with Crippen molar-refractivity contribution in [2.45, 2.75) is 57.7 Å². The minimum atomic E-state index is -4.62. The molecular weight excluding hydrogens is 664 g/mol. The summed E-state index contributed by atoms with van der Waals surface area (Å²) in [6.45, 7) is 1.13. The largest absolute Gasteiger partial charge is 0.416 e. The van der Waals surface area contributed by atoms with Crippen LogP contribution in [0.2, 0.25) is 5.02 Å². The van der Waals surface area contributed by atoms with Crippen LogP contribution >= 0.6 is 11.6 Å². The first-order valence-corrected chi connectivity index (χ1v) is 14.2. The minimum Gasteiger partial charge on any atom is -0.348 e. The highest BCUT2D eigenvalue weighted by Gasteiger charge is 2.39. The first-order valence-electron chi connectivity index (χ1n) is 13.9. The summed E-state index contributed by atoms with van der Waals surface area (Å²) in [6, 6.07) is 6.64. The van der Waals surface area contributed by atoms with E-state index in [9.17, 15) is 44.7 Å². The van der Waals surface area contributed by atoms with Gasteiger partial charge in [0, 0.05) is 37.4 Å². The standard InChI is InChI=1S/C16H13ClF5N3O.C14H14F3N3O/c17-9-1-4-12(16(20,21)22)8(5-9)7-25(10-2-3-10)15(26)11-6-23-24-13(11)14(18)19;1-9-3-4-12(14(15,16)17)10(5-9)6-18-13(21)11-7-19-20(2)8-11/h1,4-6,10,14H,2-3,7H2,(H,23,24);3-5,7-8H,6H2,1-2H3,(H,18,21). The molecule has 1 aliphatic rings. The van der Waals surface area contributed by atoms with Crippen molar-refractivity contribution in [3.05, 3.63) is 105 Å². The van der Waals surface area contributed by atoms with E-state index in [-0.39, 0.29) is 40.8 Å². The van der Waals surface area contributed by atoms with Gasteiger partial charge in [0.05, 0.1) is 34.6 Å². The van der Waals surface area contributed by atoms with Gasteiger partial charge in [0.2, 0.25) is 0 Å². The van der Waals surface area contributed by atoms with Gasteiger partial charge in [-0.25, -0.2) is 8.78 Å². The average molecular weight is 691 g/mol. The van der Waals surface area contributed by atoms with Crippen LogP contribution in [0.1, 0.15) is 73.5 Å². The van der Waals surface area contributed by atoms with E-state index in [1.54, 1.807) is 14.0 Å². The number of amides is 2. The van der Waals surface area contributed by atoms with Crippen LogP contribution in [-0.2, 0) is 32.5 Å². The number of hydrogen-bond acceptors (Lipinski definition) is 4. The summed E-state index contributed by atoms with van der Waals surface area (Å²) in [5.41, 5.74) is -1.79. The number of carbonyl (C=O) groups excluding carboxylic acids is 2. The van der Waals surface area contributed by atoms with Crippen molar-refractivity contribution < 1.29 is 44.7 Å². The Labute approximate surface area is 267 Å². The SMILES string of the molecule is Cc1ccc(C(F)(F)F)c(CNC(=O)c2cnn(C)c2)c1.O=C(c1cn[nH]c1C(F)F)N(Cc1cc(Cl)ccc1C(F)(F)F)C1CC1. The number of alkyl halides is 8. The lowest BCUT2D eigenvalue weighted by molar-refractivity contribution is -0.139. The zero-order chi connectivity index (χ0) is 34.7. The number of nitrogens with one attached hydrogen (secondary N) is 2. The lowest BCUT2D eigenvalue weighted by Gasteiger charge is -2.24. The van der Waals surface area contributed by atoms with Crippen LogP contribution < -0.4 is 5.32 Å². The minimum absolute atomic E-state index is 0.0414. The Morgan fingerprint density at radius 1 is 1.02 bits per heavy atom. The molecule has 5 rings (SSSR count). The molecule has 1 aliphatic carbocycles. The predicted octanol–water partition coefficient (Wildman–Crippen LogP) is 7.50. The second-order valence-electron chi connectivity index (χ2n) is 10.7. The molecule has 4 aromatic rings. The molecule has 2 heterocycles. The number of benzene rings is 2. The van der Waals surface area contributed by atoms with E-state index in [1.807, 2.05) is 0 Å². The molecule has 47 heavy (non-hydrogen) atoms. The van der Waals surface area contributed by atoms with Crippen LogP contribution in [0.5, 0.6) is 0 Å². The van der Waals surface area contributed by atoms with Gasteiger partial charge in [0.25, 0.3) is 18.2 Å². The number of aryl methyl sites for hydroxylation is 2. The fourth-order valence-electron chi connectivity index (χ4n) is 4.66. The van der Waals surface area contributed by atoms with Gasteiger partial charge in [-0.2, -0.15) is 36.5 Å².